The molecule has 9 heavy (non-hydrogen) atoms. The fraction of sp³-hybridized carbons (Fsp3) is 0.250. The van der Waals surface area contributed by atoms with E-state index in [9.17, 15) is 0 Å². The third kappa shape index (κ3) is 1.86. The van der Waals surface area contributed by atoms with Gasteiger partial charge in [-0.1, -0.05) is 30.3 Å². The zero-order valence-corrected chi connectivity index (χ0v) is 5.50. The average Bonchev–Trinajstić information content (AvgIpc) is 1.91. The maximum Gasteiger partial charge on any atom is 0.0713 e. The standard InChI is InChI=1S/C8H10O/c1-9-7-8-5-3-2-4-6-8/h2-6H,7H2,1H3/i1-11. The van der Waals surface area contributed by atoms with Crippen molar-refractivity contribution in [3.8, 4) is 0 Å². The van der Waals surface area contributed by atoms with Gasteiger partial charge < -0.3 is 4.74 Å². The van der Waals surface area contributed by atoms with E-state index in [-0.39, 0.29) is 0 Å². The van der Waals surface area contributed by atoms with Gasteiger partial charge in [-0.05, 0) is 5.56 Å². The van der Waals surface area contributed by atoms with Gasteiger partial charge in [0.15, 0.2) is 0 Å². The minimum absolute atomic E-state index is 0.709. The van der Waals surface area contributed by atoms with E-state index in [0.29, 0.717) is 6.61 Å². The molecule has 1 rings (SSSR count). The van der Waals surface area contributed by atoms with Crippen molar-refractivity contribution in [1.82, 2.24) is 0 Å². The highest BCUT2D eigenvalue weighted by Crippen LogP contribution is 1.98. The van der Waals surface area contributed by atoms with Crippen molar-refractivity contribution in [3.63, 3.8) is 0 Å². The van der Waals surface area contributed by atoms with Crippen molar-refractivity contribution in [1.29, 1.82) is 0 Å². The zero-order valence-electron chi connectivity index (χ0n) is 5.50. The van der Waals surface area contributed by atoms with Crippen LogP contribution in [0.15, 0.2) is 30.3 Å². The van der Waals surface area contributed by atoms with E-state index in [1.165, 1.54) is 5.56 Å². The van der Waals surface area contributed by atoms with E-state index in [4.69, 9.17) is 4.74 Å². The van der Waals surface area contributed by atoms with Crippen molar-refractivity contribution >= 4 is 0 Å². The van der Waals surface area contributed by atoms with Crippen molar-refractivity contribution in [2.24, 2.45) is 0 Å². The van der Waals surface area contributed by atoms with Crippen LogP contribution in [-0.4, -0.2) is 7.11 Å². The Balaban J connectivity index is 2.61. The van der Waals surface area contributed by atoms with Crippen LogP contribution in [0.2, 0.25) is 0 Å². The Labute approximate surface area is 55.3 Å². The summed E-state index contributed by atoms with van der Waals surface area (Å²) in [5.74, 6) is 0. The Bertz CT molecular complexity index is 157. The first-order valence-electron chi connectivity index (χ1n) is 2.96. The van der Waals surface area contributed by atoms with Gasteiger partial charge in [0.25, 0.3) is 0 Å². The fourth-order valence-corrected chi connectivity index (χ4v) is 0.741. The fourth-order valence-electron chi connectivity index (χ4n) is 0.741. The minimum atomic E-state index is 0.709. The summed E-state index contributed by atoms with van der Waals surface area (Å²) in [6.45, 7) is 0.709. The Morgan fingerprint density at radius 2 is 1.89 bits per heavy atom. The van der Waals surface area contributed by atoms with E-state index >= 15 is 0 Å². The summed E-state index contributed by atoms with van der Waals surface area (Å²) < 4.78 is 4.93. The summed E-state index contributed by atoms with van der Waals surface area (Å²) in [6.07, 6.45) is 0. The minimum Gasteiger partial charge on any atom is -0.380 e. The molecular formula is C8H10O. The molecule has 0 radical (unpaired) electrons. The molecule has 0 aromatic heterocycles. The van der Waals surface area contributed by atoms with Crippen LogP contribution in [0.4, 0.5) is 0 Å². The molecule has 0 aliphatic rings. The van der Waals surface area contributed by atoms with Crippen LogP contribution >= 0.6 is 0 Å². The maximum absolute atomic E-state index is 4.93. The smallest absolute Gasteiger partial charge is 0.0713 e. The van der Waals surface area contributed by atoms with E-state index < -0.39 is 0 Å². The summed E-state index contributed by atoms with van der Waals surface area (Å²) in [6, 6.07) is 10.1. The third-order valence-corrected chi connectivity index (χ3v) is 1.15. The lowest BCUT2D eigenvalue weighted by molar-refractivity contribution is 0.185. The molecule has 1 aromatic rings. The lowest BCUT2D eigenvalue weighted by atomic mass is 0.933. The van der Waals surface area contributed by atoms with Gasteiger partial charge in [0, 0.05) is 7.11 Å². The van der Waals surface area contributed by atoms with Crippen LogP contribution < -0.4 is 0 Å². The molecule has 0 heterocycles. The SMILES string of the molecule is [1CH3]OCc1ccccc1. The van der Waals surface area contributed by atoms with Crippen LogP contribution in [0.1, 0.15) is 5.56 Å². The molecule has 0 N–H and O–H groups in total. The quantitative estimate of drug-likeness (QED) is 0.565. The van der Waals surface area contributed by atoms with Gasteiger partial charge in [-0.15, -0.1) is 0 Å². The number of ether oxygens (including phenoxy) is 1. The van der Waals surface area contributed by atoms with Crippen LogP contribution in [0.5, 0.6) is 0 Å². The first kappa shape index (κ1) is 6.30. The first-order chi connectivity index (χ1) is 4.43. The van der Waals surface area contributed by atoms with Gasteiger partial charge in [0.1, 0.15) is 0 Å². The molecule has 0 spiro atoms. The van der Waals surface area contributed by atoms with Crippen LogP contribution in [0.25, 0.3) is 0 Å². The number of benzene rings is 1. The largest absolute Gasteiger partial charge is 0.380 e. The average molecular weight is 111 g/mol. The lowest BCUT2D eigenvalue weighted by Crippen LogP contribution is -1.84. The van der Waals surface area contributed by atoms with Crippen molar-refractivity contribution in [3.05, 3.63) is 35.9 Å². The molecule has 1 heteroatoms. The molecule has 0 atom stereocenters. The molecule has 1 aromatic carbocycles. The zero-order chi connectivity index (χ0) is 6.53. The number of hydrogen-bond acceptors (Lipinski definition) is 1. The van der Waals surface area contributed by atoms with Gasteiger partial charge in [-0.2, -0.15) is 0 Å². The molecule has 0 amide bonds. The van der Waals surface area contributed by atoms with E-state index in [0.717, 1.165) is 0 Å². The Morgan fingerprint density at radius 3 is 2.44 bits per heavy atom. The second-order valence-corrected chi connectivity index (χ2v) is 1.92. The highest BCUT2D eigenvalue weighted by atomic mass is 16.3. The maximum atomic E-state index is 4.93. The highest BCUT2D eigenvalue weighted by Gasteiger charge is 1.84. The molecule has 0 aliphatic carbocycles. The molecule has 0 fully saturated rings. The van der Waals surface area contributed by atoms with Gasteiger partial charge in [0.2, 0.25) is 0 Å². The van der Waals surface area contributed by atoms with Crippen LogP contribution in [0, 0.1) is 0 Å². The first-order valence-corrected chi connectivity index (χ1v) is 2.96. The molecular weight excluding hydrogens is 101 g/mol. The summed E-state index contributed by atoms with van der Waals surface area (Å²) in [5, 5.41) is 0. The van der Waals surface area contributed by atoms with E-state index in [2.05, 4.69) is 0 Å². The molecule has 1 nitrogen and oxygen atoms in total. The predicted octanol–water partition coefficient (Wildman–Crippen LogP) is 1.83. The lowest BCUT2D eigenvalue weighted by Gasteiger charge is -1.95. The normalized spacial score (nSPS) is 9.44. The van der Waals surface area contributed by atoms with Crippen LogP contribution in [0.3, 0.4) is 0 Å². The summed E-state index contributed by atoms with van der Waals surface area (Å²) in [5.41, 5.74) is 1.22. The van der Waals surface area contributed by atoms with Gasteiger partial charge in [-0.25, -0.2) is 0 Å². The van der Waals surface area contributed by atoms with Crippen molar-refractivity contribution < 1.29 is 4.74 Å². The van der Waals surface area contributed by atoms with E-state index in [1.54, 1.807) is 7.11 Å². The monoisotopic (exact) mass is 111 g/mol. The Kier molecular flexibility index (Phi) is 2.28. The predicted molar refractivity (Wildman–Crippen MR) is 37.2 cm³/mol. The highest BCUT2D eigenvalue weighted by molar-refractivity contribution is 5.13. The van der Waals surface area contributed by atoms with E-state index in [1.807, 2.05) is 30.3 Å². The molecule has 48 valence electrons. The molecule has 0 aliphatic heterocycles. The Morgan fingerprint density at radius 1 is 1.22 bits per heavy atom. The third-order valence-electron chi connectivity index (χ3n) is 1.15. The van der Waals surface area contributed by atoms with Gasteiger partial charge in [-0.3, -0.25) is 0 Å². The molecule has 0 unspecified atom stereocenters. The summed E-state index contributed by atoms with van der Waals surface area (Å²) in [7, 11) is 1.70. The Hall–Kier alpha value is -0.820. The van der Waals surface area contributed by atoms with Crippen molar-refractivity contribution in [2.75, 3.05) is 7.11 Å². The van der Waals surface area contributed by atoms with Crippen molar-refractivity contribution in [2.45, 2.75) is 6.61 Å². The molecule has 0 bridgehead atoms. The topological polar surface area (TPSA) is 9.23 Å². The molecule has 0 saturated heterocycles. The molecule has 0 saturated carbocycles. The number of hydrogen-bond donors (Lipinski definition) is 0. The van der Waals surface area contributed by atoms with Gasteiger partial charge >= 0.3 is 0 Å². The second-order valence-electron chi connectivity index (χ2n) is 1.92. The van der Waals surface area contributed by atoms with Crippen LogP contribution in [-0.2, 0) is 11.3 Å². The van der Waals surface area contributed by atoms with Gasteiger partial charge in [0.05, 0.1) is 6.61 Å². The number of rotatable bonds is 2. The number of methoxy groups -OCH3 is 1. The second kappa shape index (κ2) is 3.25. The summed E-state index contributed by atoms with van der Waals surface area (Å²) in [4.78, 5) is 0. The summed E-state index contributed by atoms with van der Waals surface area (Å²) >= 11 is 0.